The molecule has 0 spiro atoms. The Balaban J connectivity index is 0.00000121. The summed E-state index contributed by atoms with van der Waals surface area (Å²) < 4.78 is 0. The van der Waals surface area contributed by atoms with Crippen LogP contribution in [0.2, 0.25) is 0 Å². The van der Waals surface area contributed by atoms with Crippen LogP contribution in [0.25, 0.3) is 0 Å². The monoisotopic (exact) mass is 242 g/mol. The van der Waals surface area contributed by atoms with E-state index in [0.29, 0.717) is 0 Å². The van der Waals surface area contributed by atoms with Crippen molar-refractivity contribution in [3.63, 3.8) is 0 Å². The fourth-order valence-corrected chi connectivity index (χ4v) is 1.30. The van der Waals surface area contributed by atoms with Crippen molar-refractivity contribution in [3.05, 3.63) is 11.6 Å². The molecule has 0 aliphatic heterocycles. The van der Waals surface area contributed by atoms with Crippen LogP contribution in [0.5, 0.6) is 0 Å². The molecule has 0 heterocycles. The standard InChI is InChI=1S/C8H13N2O.Y/c9-10-8(11)6-7-4-2-1-3-5-7;/h1-5,9H2,(H,10,11);/q-1;. The number of nitrogens with two attached hydrogens (primary N) is 1. The van der Waals surface area contributed by atoms with Crippen LogP contribution < -0.4 is 11.3 Å². The predicted molar refractivity (Wildman–Crippen MR) is 42.2 cm³/mol. The van der Waals surface area contributed by atoms with E-state index in [0.717, 1.165) is 18.4 Å². The zero-order valence-electron chi connectivity index (χ0n) is 7.10. The molecule has 1 radical (unpaired) electrons. The van der Waals surface area contributed by atoms with Crippen LogP contribution in [0.1, 0.15) is 32.1 Å². The van der Waals surface area contributed by atoms with Gasteiger partial charge in [0.05, 0.1) is 5.91 Å². The fraction of sp³-hybridized carbons (Fsp3) is 0.625. The number of carbonyl (C=O) groups is 1. The van der Waals surface area contributed by atoms with Crippen molar-refractivity contribution >= 4 is 5.91 Å². The maximum atomic E-state index is 10.7. The molecule has 3 nitrogen and oxygen atoms in total. The SMILES string of the molecule is NNC(=O)[C-]=C1CCCCC1.[Y]. The van der Waals surface area contributed by atoms with Crippen LogP contribution in [-0.2, 0) is 37.5 Å². The van der Waals surface area contributed by atoms with Gasteiger partial charge in [0.15, 0.2) is 0 Å². The number of hydrazine groups is 1. The van der Waals surface area contributed by atoms with Crippen molar-refractivity contribution in [2.24, 2.45) is 5.84 Å². The molecule has 1 saturated carbocycles. The average Bonchev–Trinajstić information content (AvgIpc) is 2.06. The van der Waals surface area contributed by atoms with E-state index in [-0.39, 0.29) is 38.6 Å². The Hall–Kier alpha value is 0.274. The van der Waals surface area contributed by atoms with Gasteiger partial charge in [0.1, 0.15) is 0 Å². The van der Waals surface area contributed by atoms with Gasteiger partial charge in [-0.3, -0.25) is 5.84 Å². The molecule has 1 aliphatic rings. The maximum Gasteiger partial charge on any atom is 0.0764 e. The van der Waals surface area contributed by atoms with Gasteiger partial charge in [-0.05, 0) is 0 Å². The Morgan fingerprint density at radius 1 is 1.33 bits per heavy atom. The number of amides is 1. The van der Waals surface area contributed by atoms with E-state index < -0.39 is 0 Å². The van der Waals surface area contributed by atoms with E-state index in [1.807, 2.05) is 5.43 Å². The van der Waals surface area contributed by atoms with Gasteiger partial charge in [-0.25, -0.2) is 5.57 Å². The van der Waals surface area contributed by atoms with Crippen molar-refractivity contribution in [1.29, 1.82) is 0 Å². The van der Waals surface area contributed by atoms with Crippen molar-refractivity contribution in [2.75, 3.05) is 0 Å². The van der Waals surface area contributed by atoms with Crippen molar-refractivity contribution in [2.45, 2.75) is 32.1 Å². The normalized spacial score (nSPS) is 16.2. The molecule has 1 fully saturated rings. The predicted octanol–water partition coefficient (Wildman–Crippen LogP) is 0.667. The van der Waals surface area contributed by atoms with Crippen LogP contribution in [0, 0.1) is 6.08 Å². The maximum absolute atomic E-state index is 10.7. The Kier molecular flexibility index (Phi) is 6.91. The molecule has 0 unspecified atom stereocenters. The third kappa shape index (κ3) is 4.34. The summed E-state index contributed by atoms with van der Waals surface area (Å²) in [4.78, 5) is 10.7. The van der Waals surface area contributed by atoms with Crippen LogP contribution in [0.3, 0.4) is 0 Å². The first-order valence-corrected chi connectivity index (χ1v) is 3.95. The van der Waals surface area contributed by atoms with E-state index in [2.05, 4.69) is 6.08 Å². The van der Waals surface area contributed by atoms with E-state index in [1.165, 1.54) is 19.3 Å². The second kappa shape index (κ2) is 6.75. The van der Waals surface area contributed by atoms with Gasteiger partial charge in [0, 0.05) is 32.7 Å². The molecule has 0 aromatic rings. The van der Waals surface area contributed by atoms with E-state index in [4.69, 9.17) is 5.84 Å². The number of hydrogen-bond acceptors (Lipinski definition) is 2. The van der Waals surface area contributed by atoms with E-state index in [9.17, 15) is 4.79 Å². The minimum Gasteiger partial charge on any atom is -0.404 e. The second-order valence-electron chi connectivity index (χ2n) is 2.76. The number of carbonyl (C=O) groups excluding carboxylic acids is 1. The molecular weight excluding hydrogens is 229 g/mol. The quantitative estimate of drug-likeness (QED) is 0.233. The first kappa shape index (κ1) is 12.3. The molecular formula is C8H13N2OY-. The summed E-state index contributed by atoms with van der Waals surface area (Å²) in [5.74, 6) is 4.61. The molecule has 3 N–H and O–H groups in total. The number of allylic oxidation sites excluding steroid dienone is 1. The van der Waals surface area contributed by atoms with Gasteiger partial charge in [-0.2, -0.15) is 0 Å². The molecule has 1 rings (SSSR count). The van der Waals surface area contributed by atoms with Gasteiger partial charge in [0.2, 0.25) is 0 Å². The number of nitrogens with one attached hydrogen (secondary N) is 1. The molecule has 0 aromatic carbocycles. The fourth-order valence-electron chi connectivity index (χ4n) is 1.30. The van der Waals surface area contributed by atoms with Gasteiger partial charge < -0.3 is 16.3 Å². The number of hydrogen-bond donors (Lipinski definition) is 2. The molecule has 0 bridgehead atoms. The Morgan fingerprint density at radius 3 is 2.42 bits per heavy atom. The molecule has 12 heavy (non-hydrogen) atoms. The largest absolute Gasteiger partial charge is 0.404 e. The first-order chi connectivity index (χ1) is 5.33. The Labute approximate surface area is 98.0 Å². The summed E-state index contributed by atoms with van der Waals surface area (Å²) in [5.41, 5.74) is 3.15. The first-order valence-electron chi connectivity index (χ1n) is 3.95. The molecule has 0 saturated heterocycles. The minimum absolute atomic E-state index is 0. The molecule has 0 atom stereocenters. The Morgan fingerprint density at radius 2 is 1.92 bits per heavy atom. The van der Waals surface area contributed by atoms with Gasteiger partial charge in [-0.15, -0.1) is 0 Å². The van der Waals surface area contributed by atoms with Crippen LogP contribution in [0.4, 0.5) is 0 Å². The summed E-state index contributed by atoms with van der Waals surface area (Å²) in [6.45, 7) is 0. The zero-order valence-corrected chi connectivity index (χ0v) is 9.94. The van der Waals surface area contributed by atoms with Gasteiger partial charge >= 0.3 is 0 Å². The molecule has 1 amide bonds. The zero-order chi connectivity index (χ0) is 8.10. The van der Waals surface area contributed by atoms with Gasteiger partial charge in [-0.1, -0.05) is 32.1 Å². The summed E-state index contributed by atoms with van der Waals surface area (Å²) in [6, 6.07) is 0. The van der Waals surface area contributed by atoms with Crippen molar-refractivity contribution < 1.29 is 37.5 Å². The summed E-state index contributed by atoms with van der Waals surface area (Å²) >= 11 is 0. The molecule has 1 aliphatic carbocycles. The summed E-state index contributed by atoms with van der Waals surface area (Å²) in [7, 11) is 0. The Bertz CT molecular complexity index is 172. The molecule has 65 valence electrons. The van der Waals surface area contributed by atoms with Crippen LogP contribution in [0.15, 0.2) is 5.57 Å². The second-order valence-corrected chi connectivity index (χ2v) is 2.76. The average molecular weight is 242 g/mol. The van der Waals surface area contributed by atoms with Crippen molar-refractivity contribution in [1.82, 2.24) is 5.43 Å². The topological polar surface area (TPSA) is 55.1 Å². The summed E-state index contributed by atoms with van der Waals surface area (Å²) in [5, 5.41) is 0. The number of rotatable bonds is 1. The van der Waals surface area contributed by atoms with Gasteiger partial charge in [0.25, 0.3) is 0 Å². The summed E-state index contributed by atoms with van der Waals surface area (Å²) in [6.07, 6.45) is 8.36. The third-order valence-electron chi connectivity index (χ3n) is 1.88. The van der Waals surface area contributed by atoms with Crippen LogP contribution in [-0.4, -0.2) is 5.91 Å². The molecule has 0 aromatic heterocycles. The minimum atomic E-state index is -0.304. The van der Waals surface area contributed by atoms with Crippen molar-refractivity contribution in [3.8, 4) is 0 Å². The van der Waals surface area contributed by atoms with E-state index >= 15 is 0 Å². The smallest absolute Gasteiger partial charge is 0.0764 e. The molecule has 4 heteroatoms. The van der Waals surface area contributed by atoms with Crippen LogP contribution >= 0.6 is 0 Å². The van der Waals surface area contributed by atoms with E-state index in [1.54, 1.807) is 0 Å². The third-order valence-corrected chi connectivity index (χ3v) is 1.88.